The van der Waals surface area contributed by atoms with Crippen LogP contribution in [-0.2, 0) is 10.0 Å². The molecular formula is C13H20ClFN2O2S. The van der Waals surface area contributed by atoms with Crippen LogP contribution in [0.2, 0.25) is 0 Å². The molecule has 114 valence electrons. The monoisotopic (exact) mass is 322 g/mol. The molecule has 2 rings (SSSR count). The van der Waals surface area contributed by atoms with Crippen molar-refractivity contribution in [2.24, 2.45) is 5.92 Å². The van der Waals surface area contributed by atoms with E-state index < -0.39 is 15.8 Å². The first-order chi connectivity index (χ1) is 8.92. The Bertz CT molecular complexity index is 565. The fourth-order valence-electron chi connectivity index (χ4n) is 2.29. The molecule has 1 aromatic rings. The van der Waals surface area contributed by atoms with Crippen LogP contribution in [0.25, 0.3) is 0 Å². The molecule has 0 bridgehead atoms. The first-order valence-electron chi connectivity index (χ1n) is 6.40. The average molecular weight is 323 g/mol. The van der Waals surface area contributed by atoms with E-state index in [-0.39, 0.29) is 34.8 Å². The molecule has 0 aliphatic carbocycles. The fraction of sp³-hybridized carbons (Fsp3) is 0.538. The van der Waals surface area contributed by atoms with Crippen LogP contribution in [0, 0.1) is 18.7 Å². The Balaban J connectivity index is 0.00000200. The van der Waals surface area contributed by atoms with Gasteiger partial charge in [0.15, 0.2) is 0 Å². The van der Waals surface area contributed by atoms with Gasteiger partial charge in [-0.3, -0.25) is 0 Å². The number of piperidine rings is 1. The lowest BCUT2D eigenvalue weighted by molar-refractivity contribution is 0.327. The molecule has 7 heteroatoms. The molecule has 2 unspecified atom stereocenters. The number of halogens is 2. The summed E-state index contributed by atoms with van der Waals surface area (Å²) in [6, 6.07) is 3.96. The summed E-state index contributed by atoms with van der Waals surface area (Å²) < 4.78 is 40.8. The molecule has 1 aliphatic rings. The van der Waals surface area contributed by atoms with E-state index >= 15 is 0 Å². The number of hydrogen-bond acceptors (Lipinski definition) is 3. The summed E-state index contributed by atoms with van der Waals surface area (Å²) in [4.78, 5) is 0.0188. The molecule has 0 aromatic heterocycles. The van der Waals surface area contributed by atoms with Gasteiger partial charge in [-0.15, -0.1) is 12.4 Å². The maximum Gasteiger partial charge on any atom is 0.241 e. The van der Waals surface area contributed by atoms with Crippen LogP contribution in [0.4, 0.5) is 4.39 Å². The SMILES string of the molecule is Cc1c(F)cccc1S(=O)(=O)NC1CNCCC1C.Cl. The van der Waals surface area contributed by atoms with Gasteiger partial charge in [0.1, 0.15) is 5.82 Å². The van der Waals surface area contributed by atoms with Crippen molar-refractivity contribution in [1.29, 1.82) is 0 Å². The maximum absolute atomic E-state index is 13.5. The van der Waals surface area contributed by atoms with E-state index in [2.05, 4.69) is 10.0 Å². The predicted molar refractivity (Wildman–Crippen MR) is 79.1 cm³/mol. The van der Waals surface area contributed by atoms with Gasteiger partial charge in [-0.2, -0.15) is 0 Å². The minimum atomic E-state index is -3.68. The molecule has 1 aliphatic heterocycles. The summed E-state index contributed by atoms with van der Waals surface area (Å²) in [7, 11) is -3.68. The van der Waals surface area contributed by atoms with Gasteiger partial charge in [0.2, 0.25) is 10.0 Å². The largest absolute Gasteiger partial charge is 0.315 e. The molecule has 1 fully saturated rings. The highest BCUT2D eigenvalue weighted by Crippen LogP contribution is 2.20. The lowest BCUT2D eigenvalue weighted by Crippen LogP contribution is -2.50. The van der Waals surface area contributed by atoms with Crippen LogP contribution in [0.15, 0.2) is 23.1 Å². The van der Waals surface area contributed by atoms with Gasteiger partial charge in [0.25, 0.3) is 0 Å². The quantitative estimate of drug-likeness (QED) is 0.892. The minimum absolute atomic E-state index is 0. The van der Waals surface area contributed by atoms with Crippen LogP contribution in [-0.4, -0.2) is 27.5 Å². The molecule has 0 amide bonds. The van der Waals surface area contributed by atoms with E-state index in [1.165, 1.54) is 25.1 Å². The molecule has 0 radical (unpaired) electrons. The average Bonchev–Trinajstić information content (AvgIpc) is 2.35. The summed E-state index contributed by atoms with van der Waals surface area (Å²) in [5.74, 6) is -0.234. The molecular weight excluding hydrogens is 303 g/mol. The third kappa shape index (κ3) is 3.69. The van der Waals surface area contributed by atoms with Crippen molar-refractivity contribution < 1.29 is 12.8 Å². The molecule has 20 heavy (non-hydrogen) atoms. The second-order valence-corrected chi connectivity index (χ2v) is 6.74. The van der Waals surface area contributed by atoms with E-state index in [1.54, 1.807) is 0 Å². The number of benzene rings is 1. The van der Waals surface area contributed by atoms with Gasteiger partial charge in [-0.1, -0.05) is 13.0 Å². The third-order valence-corrected chi connectivity index (χ3v) is 5.28. The first kappa shape index (κ1) is 17.4. The lowest BCUT2D eigenvalue weighted by atomic mass is 9.96. The standard InChI is InChI=1S/C13H19FN2O2S.ClH/c1-9-6-7-15-8-12(9)16-19(17,18)13-5-3-4-11(14)10(13)2;/h3-5,9,12,15-16H,6-8H2,1-2H3;1H. The first-order valence-corrected chi connectivity index (χ1v) is 7.88. The molecule has 1 heterocycles. The highest BCUT2D eigenvalue weighted by Gasteiger charge is 2.27. The highest BCUT2D eigenvalue weighted by atomic mass is 35.5. The Labute approximate surface area is 125 Å². The van der Waals surface area contributed by atoms with E-state index in [9.17, 15) is 12.8 Å². The van der Waals surface area contributed by atoms with Gasteiger partial charge >= 0.3 is 0 Å². The van der Waals surface area contributed by atoms with E-state index in [0.29, 0.717) is 6.54 Å². The van der Waals surface area contributed by atoms with Crippen molar-refractivity contribution >= 4 is 22.4 Å². The number of hydrogen-bond donors (Lipinski definition) is 2. The van der Waals surface area contributed by atoms with Crippen molar-refractivity contribution in [3.8, 4) is 0 Å². The zero-order valence-electron chi connectivity index (χ0n) is 11.5. The lowest BCUT2D eigenvalue weighted by Gasteiger charge is -2.30. The number of sulfonamides is 1. The van der Waals surface area contributed by atoms with Crippen molar-refractivity contribution in [3.63, 3.8) is 0 Å². The van der Waals surface area contributed by atoms with E-state index in [1.807, 2.05) is 6.92 Å². The summed E-state index contributed by atoms with van der Waals surface area (Å²) in [5.41, 5.74) is 0.159. The molecule has 0 spiro atoms. The van der Waals surface area contributed by atoms with Gasteiger partial charge in [0.05, 0.1) is 4.90 Å². The Morgan fingerprint density at radius 3 is 2.75 bits per heavy atom. The Kier molecular flexibility index (Phi) is 5.94. The maximum atomic E-state index is 13.5. The Morgan fingerprint density at radius 2 is 2.10 bits per heavy atom. The number of nitrogens with one attached hydrogen (secondary N) is 2. The van der Waals surface area contributed by atoms with E-state index in [0.717, 1.165) is 13.0 Å². The summed E-state index contributed by atoms with van der Waals surface area (Å²) in [5, 5.41) is 3.16. The van der Waals surface area contributed by atoms with Crippen molar-refractivity contribution in [2.45, 2.75) is 31.2 Å². The minimum Gasteiger partial charge on any atom is -0.315 e. The summed E-state index contributed by atoms with van der Waals surface area (Å²) in [6.45, 7) is 5.01. The van der Waals surface area contributed by atoms with E-state index in [4.69, 9.17) is 0 Å². The van der Waals surface area contributed by atoms with Gasteiger partial charge < -0.3 is 5.32 Å². The zero-order chi connectivity index (χ0) is 14.0. The van der Waals surface area contributed by atoms with Crippen molar-refractivity contribution in [2.75, 3.05) is 13.1 Å². The van der Waals surface area contributed by atoms with Gasteiger partial charge in [0, 0.05) is 18.2 Å². The molecule has 0 saturated carbocycles. The van der Waals surface area contributed by atoms with Crippen LogP contribution >= 0.6 is 12.4 Å². The normalized spacial score (nSPS) is 23.1. The Morgan fingerprint density at radius 1 is 1.40 bits per heavy atom. The molecule has 2 N–H and O–H groups in total. The molecule has 4 nitrogen and oxygen atoms in total. The topological polar surface area (TPSA) is 58.2 Å². The molecule has 1 aromatic carbocycles. The molecule has 1 saturated heterocycles. The third-order valence-electron chi connectivity index (χ3n) is 3.64. The highest BCUT2D eigenvalue weighted by molar-refractivity contribution is 7.89. The van der Waals surface area contributed by atoms with Gasteiger partial charge in [-0.05, 0) is 37.9 Å². The van der Waals surface area contributed by atoms with Crippen LogP contribution in [0.1, 0.15) is 18.9 Å². The smallest absolute Gasteiger partial charge is 0.241 e. The van der Waals surface area contributed by atoms with Gasteiger partial charge in [-0.25, -0.2) is 17.5 Å². The van der Waals surface area contributed by atoms with Crippen LogP contribution in [0.3, 0.4) is 0 Å². The predicted octanol–water partition coefficient (Wildman–Crippen LogP) is 1.83. The molecule has 2 atom stereocenters. The summed E-state index contributed by atoms with van der Waals surface area (Å²) >= 11 is 0. The Hall–Kier alpha value is -0.690. The van der Waals surface area contributed by atoms with Crippen molar-refractivity contribution in [3.05, 3.63) is 29.6 Å². The van der Waals surface area contributed by atoms with Crippen molar-refractivity contribution in [1.82, 2.24) is 10.0 Å². The second-order valence-electron chi connectivity index (χ2n) is 5.06. The van der Waals surface area contributed by atoms with Crippen LogP contribution in [0.5, 0.6) is 0 Å². The second kappa shape index (κ2) is 6.85. The zero-order valence-corrected chi connectivity index (χ0v) is 13.2. The summed E-state index contributed by atoms with van der Waals surface area (Å²) in [6.07, 6.45) is 0.926. The number of rotatable bonds is 3. The van der Waals surface area contributed by atoms with Crippen LogP contribution < -0.4 is 10.0 Å². The fourth-order valence-corrected chi connectivity index (χ4v) is 3.89.